The lowest BCUT2D eigenvalue weighted by Crippen LogP contribution is -2.41. The fraction of sp³-hybridized carbons (Fsp3) is 0.571. The van der Waals surface area contributed by atoms with Gasteiger partial charge in [-0.2, -0.15) is 0 Å². The molecule has 0 bridgehead atoms. The highest BCUT2D eigenvalue weighted by molar-refractivity contribution is 7.03. The number of carbonyl (C=O) groups is 1. The molecule has 0 N–H and O–H groups in total. The number of aromatic nitrogens is 2. The van der Waals surface area contributed by atoms with Crippen molar-refractivity contribution in [2.75, 3.05) is 39.4 Å². The molecule has 0 aliphatic carbocycles. The number of hydrogen-bond donors (Lipinski definition) is 0. The molecule has 0 saturated carbocycles. The molecule has 6 nitrogen and oxygen atoms in total. The lowest BCUT2D eigenvalue weighted by atomic mass is 9.87. The summed E-state index contributed by atoms with van der Waals surface area (Å²) in [6, 6.07) is 8.55. The van der Waals surface area contributed by atoms with Crippen LogP contribution in [0.3, 0.4) is 0 Å². The van der Waals surface area contributed by atoms with Crippen LogP contribution in [0.4, 0.5) is 0 Å². The van der Waals surface area contributed by atoms with E-state index >= 15 is 0 Å². The molecule has 2 aliphatic heterocycles. The number of rotatable bonds is 5. The molecule has 1 aromatic carbocycles. The summed E-state index contributed by atoms with van der Waals surface area (Å²) in [6.45, 7) is 10.1. The van der Waals surface area contributed by atoms with Crippen LogP contribution in [0.2, 0.25) is 0 Å². The first-order chi connectivity index (χ1) is 13.5. The van der Waals surface area contributed by atoms with Crippen molar-refractivity contribution >= 4 is 17.4 Å². The van der Waals surface area contributed by atoms with Crippen LogP contribution in [0.5, 0.6) is 0 Å². The number of nitrogens with zero attached hydrogens (tertiary/aromatic N) is 4. The van der Waals surface area contributed by atoms with Crippen molar-refractivity contribution in [3.8, 4) is 11.3 Å². The lowest BCUT2D eigenvalue weighted by molar-refractivity contribution is -0.128. The van der Waals surface area contributed by atoms with E-state index in [2.05, 4.69) is 52.6 Å². The average Bonchev–Trinajstić information content (AvgIpc) is 3.23. The van der Waals surface area contributed by atoms with E-state index < -0.39 is 0 Å². The van der Waals surface area contributed by atoms with Gasteiger partial charge in [0.05, 0.1) is 13.2 Å². The Bertz CT molecular complexity index is 793. The van der Waals surface area contributed by atoms with E-state index in [1.54, 1.807) is 0 Å². The van der Waals surface area contributed by atoms with Gasteiger partial charge in [-0.15, -0.1) is 5.10 Å². The summed E-state index contributed by atoms with van der Waals surface area (Å²) in [5.74, 6) is 0.772. The minimum atomic E-state index is -0.0747. The number of likely N-dealkylation sites (tertiary alicyclic amines) is 1. The van der Waals surface area contributed by atoms with E-state index in [4.69, 9.17) is 4.74 Å². The number of ether oxygens (including phenoxy) is 1. The Morgan fingerprint density at radius 1 is 1.25 bits per heavy atom. The molecule has 28 heavy (non-hydrogen) atoms. The van der Waals surface area contributed by atoms with E-state index in [-0.39, 0.29) is 11.3 Å². The fourth-order valence-electron chi connectivity index (χ4n) is 4.34. The normalized spacial score (nSPS) is 23.7. The van der Waals surface area contributed by atoms with Crippen molar-refractivity contribution in [1.82, 2.24) is 19.4 Å². The highest BCUT2D eigenvalue weighted by atomic mass is 32.1. The van der Waals surface area contributed by atoms with E-state index in [1.807, 2.05) is 10.3 Å². The monoisotopic (exact) mass is 400 g/mol. The van der Waals surface area contributed by atoms with Gasteiger partial charge < -0.3 is 9.64 Å². The molecule has 1 aromatic heterocycles. The molecule has 1 spiro atoms. The first kappa shape index (κ1) is 19.5. The van der Waals surface area contributed by atoms with Gasteiger partial charge in [-0.3, -0.25) is 9.69 Å². The summed E-state index contributed by atoms with van der Waals surface area (Å²) in [5, 5.41) is 6.10. The molecule has 0 radical (unpaired) electrons. The van der Waals surface area contributed by atoms with Crippen molar-refractivity contribution in [3.05, 3.63) is 35.2 Å². The van der Waals surface area contributed by atoms with Crippen LogP contribution in [0.25, 0.3) is 11.3 Å². The first-order valence-electron chi connectivity index (χ1n) is 9.97. The van der Waals surface area contributed by atoms with Gasteiger partial charge in [-0.05, 0) is 23.0 Å². The third kappa shape index (κ3) is 4.42. The van der Waals surface area contributed by atoms with Crippen LogP contribution in [-0.4, -0.2) is 64.7 Å². The van der Waals surface area contributed by atoms with Crippen LogP contribution in [0.1, 0.15) is 25.8 Å². The van der Waals surface area contributed by atoms with Crippen molar-refractivity contribution in [3.63, 3.8) is 0 Å². The van der Waals surface area contributed by atoms with Gasteiger partial charge in [-0.1, -0.05) is 42.6 Å². The Kier molecular flexibility index (Phi) is 5.75. The second kappa shape index (κ2) is 8.27. The number of benzene rings is 1. The maximum absolute atomic E-state index is 12.6. The Labute approximate surface area is 170 Å². The predicted octanol–water partition coefficient (Wildman–Crippen LogP) is 2.91. The Morgan fingerprint density at radius 2 is 2.07 bits per heavy atom. The highest BCUT2D eigenvalue weighted by Crippen LogP contribution is 2.35. The Morgan fingerprint density at radius 3 is 2.79 bits per heavy atom. The summed E-state index contributed by atoms with van der Waals surface area (Å²) < 4.78 is 9.87. The summed E-state index contributed by atoms with van der Waals surface area (Å²) >= 11 is 1.37. The quantitative estimate of drug-likeness (QED) is 0.772. The van der Waals surface area contributed by atoms with Crippen LogP contribution in [0.15, 0.2) is 29.6 Å². The van der Waals surface area contributed by atoms with E-state index in [1.165, 1.54) is 17.1 Å². The van der Waals surface area contributed by atoms with Crippen LogP contribution >= 0.6 is 11.5 Å². The zero-order valence-corrected chi connectivity index (χ0v) is 17.5. The molecule has 2 aromatic rings. The van der Waals surface area contributed by atoms with Crippen molar-refractivity contribution in [1.29, 1.82) is 0 Å². The minimum absolute atomic E-state index is 0.0747. The van der Waals surface area contributed by atoms with Gasteiger partial charge in [0.25, 0.3) is 0 Å². The van der Waals surface area contributed by atoms with Crippen LogP contribution in [-0.2, 0) is 16.1 Å². The van der Waals surface area contributed by atoms with Crippen LogP contribution in [0, 0.1) is 11.3 Å². The second-order valence-corrected chi connectivity index (χ2v) is 9.21. The van der Waals surface area contributed by atoms with E-state index in [9.17, 15) is 4.79 Å². The minimum Gasteiger partial charge on any atom is -0.379 e. The van der Waals surface area contributed by atoms with Crippen LogP contribution < -0.4 is 0 Å². The Balaban J connectivity index is 1.43. The van der Waals surface area contributed by atoms with Gasteiger partial charge in [0.1, 0.15) is 5.69 Å². The summed E-state index contributed by atoms with van der Waals surface area (Å²) in [5.41, 5.74) is 3.22. The predicted molar refractivity (Wildman–Crippen MR) is 110 cm³/mol. The van der Waals surface area contributed by atoms with Crippen molar-refractivity contribution < 1.29 is 9.53 Å². The standard InChI is InChI=1S/C21H28N4O2S/c1-16(2)10-25-14-21(9-20(25)26)13-24(7-8-27-15-21)11-17-3-5-18(6-4-17)19-12-28-23-22-19/h3-6,12,16H,7-11,13-15H2,1-2H3/t21-/m1/s1. The molecule has 3 heterocycles. The molecule has 7 heteroatoms. The number of hydrogen-bond acceptors (Lipinski definition) is 6. The zero-order chi connectivity index (χ0) is 19.6. The third-order valence-electron chi connectivity index (χ3n) is 5.53. The summed E-state index contributed by atoms with van der Waals surface area (Å²) in [6.07, 6.45) is 0.603. The molecule has 2 saturated heterocycles. The fourth-order valence-corrected chi connectivity index (χ4v) is 4.80. The summed E-state index contributed by atoms with van der Waals surface area (Å²) in [4.78, 5) is 17.0. The van der Waals surface area contributed by atoms with Gasteiger partial charge in [0.2, 0.25) is 5.91 Å². The van der Waals surface area contributed by atoms with Gasteiger partial charge in [0, 0.05) is 55.5 Å². The molecule has 4 rings (SSSR count). The highest BCUT2D eigenvalue weighted by Gasteiger charge is 2.45. The third-order valence-corrected chi connectivity index (χ3v) is 6.03. The molecule has 2 aliphatic rings. The average molecular weight is 401 g/mol. The van der Waals surface area contributed by atoms with Crippen molar-refractivity contribution in [2.24, 2.45) is 11.3 Å². The zero-order valence-electron chi connectivity index (χ0n) is 16.6. The molecule has 150 valence electrons. The molecular formula is C21H28N4O2S. The largest absolute Gasteiger partial charge is 0.379 e. The molecule has 0 unspecified atom stereocenters. The molecule has 2 fully saturated rings. The maximum Gasteiger partial charge on any atom is 0.223 e. The topological polar surface area (TPSA) is 58.6 Å². The smallest absolute Gasteiger partial charge is 0.223 e. The lowest BCUT2D eigenvalue weighted by Gasteiger charge is -2.31. The number of carbonyl (C=O) groups excluding carboxylic acids is 1. The van der Waals surface area contributed by atoms with E-state index in [0.29, 0.717) is 18.9 Å². The van der Waals surface area contributed by atoms with Crippen molar-refractivity contribution in [2.45, 2.75) is 26.8 Å². The SMILES string of the molecule is CC(C)CN1C[C@@]2(COCCN(Cc3ccc(-c4csnn4)cc3)C2)CC1=O. The number of amides is 1. The Hall–Kier alpha value is -1.83. The van der Waals surface area contributed by atoms with Gasteiger partial charge >= 0.3 is 0 Å². The van der Waals surface area contributed by atoms with Gasteiger partial charge in [0.15, 0.2) is 0 Å². The van der Waals surface area contributed by atoms with Gasteiger partial charge in [-0.25, -0.2) is 0 Å². The maximum atomic E-state index is 12.6. The second-order valence-electron chi connectivity index (χ2n) is 8.60. The van der Waals surface area contributed by atoms with E-state index in [0.717, 1.165) is 50.6 Å². The molecule has 1 atom stereocenters. The molecular weight excluding hydrogens is 372 g/mol. The first-order valence-corrected chi connectivity index (χ1v) is 10.8. The summed E-state index contributed by atoms with van der Waals surface area (Å²) in [7, 11) is 0. The molecule has 1 amide bonds.